The molecular weight excluding hydrogens is 300 g/mol. The molecule has 0 saturated carbocycles. The van der Waals surface area contributed by atoms with Crippen molar-refractivity contribution in [3.05, 3.63) is 96.1 Å². The van der Waals surface area contributed by atoms with Crippen LogP contribution in [-0.2, 0) is 11.3 Å². The van der Waals surface area contributed by atoms with Gasteiger partial charge in [0.15, 0.2) is 0 Å². The van der Waals surface area contributed by atoms with Crippen LogP contribution in [-0.4, -0.2) is 22.1 Å². The first kappa shape index (κ1) is 15.7. The molecule has 0 spiro atoms. The van der Waals surface area contributed by atoms with Gasteiger partial charge in [0.1, 0.15) is 12.3 Å². The zero-order valence-corrected chi connectivity index (χ0v) is 13.2. The van der Waals surface area contributed by atoms with Crippen LogP contribution in [0, 0.1) is 0 Å². The molecule has 0 atom stereocenters. The Balaban J connectivity index is 1.58. The zero-order valence-electron chi connectivity index (χ0n) is 13.2. The highest BCUT2D eigenvalue weighted by atomic mass is 16.5. The van der Waals surface area contributed by atoms with E-state index in [2.05, 4.69) is 4.98 Å². The normalized spacial score (nSPS) is 10.8. The molecule has 2 aromatic heterocycles. The highest BCUT2D eigenvalue weighted by Crippen LogP contribution is 2.09. The number of carbonyl (C=O) groups is 1. The standard InChI is InChI=1S/C20H18N2O2/c23-20(24-15-5-8-17-6-2-1-3-7-17)19-9-4-14-22(19)16-18-10-12-21-13-11-18/h1-14H,15-16H2/b8-5+. The molecule has 0 N–H and O–H groups in total. The predicted molar refractivity (Wildman–Crippen MR) is 93.5 cm³/mol. The Morgan fingerprint density at radius 1 is 1.04 bits per heavy atom. The number of hydrogen-bond acceptors (Lipinski definition) is 3. The summed E-state index contributed by atoms with van der Waals surface area (Å²) in [6.07, 6.45) is 9.12. The van der Waals surface area contributed by atoms with Gasteiger partial charge in [-0.2, -0.15) is 0 Å². The lowest BCUT2D eigenvalue weighted by atomic mass is 10.2. The van der Waals surface area contributed by atoms with E-state index in [9.17, 15) is 4.79 Å². The summed E-state index contributed by atoms with van der Waals surface area (Å²) in [7, 11) is 0. The number of benzene rings is 1. The quantitative estimate of drug-likeness (QED) is 0.649. The summed E-state index contributed by atoms with van der Waals surface area (Å²) >= 11 is 0. The summed E-state index contributed by atoms with van der Waals surface area (Å²) in [5.74, 6) is -0.327. The van der Waals surface area contributed by atoms with Gasteiger partial charge in [-0.3, -0.25) is 4.98 Å². The van der Waals surface area contributed by atoms with Gasteiger partial charge < -0.3 is 9.30 Å². The van der Waals surface area contributed by atoms with Crippen molar-refractivity contribution in [3.8, 4) is 0 Å². The van der Waals surface area contributed by atoms with Gasteiger partial charge in [0.05, 0.1) is 0 Å². The van der Waals surface area contributed by atoms with Crippen LogP contribution in [0.1, 0.15) is 21.6 Å². The van der Waals surface area contributed by atoms with E-state index in [0.717, 1.165) is 11.1 Å². The Morgan fingerprint density at radius 2 is 1.83 bits per heavy atom. The van der Waals surface area contributed by atoms with Crippen molar-refractivity contribution in [2.24, 2.45) is 0 Å². The van der Waals surface area contributed by atoms with Crippen LogP contribution < -0.4 is 0 Å². The maximum Gasteiger partial charge on any atom is 0.355 e. The lowest BCUT2D eigenvalue weighted by Gasteiger charge is -2.08. The Labute approximate surface area is 141 Å². The van der Waals surface area contributed by atoms with Gasteiger partial charge in [0.2, 0.25) is 0 Å². The van der Waals surface area contributed by atoms with Crippen molar-refractivity contribution < 1.29 is 9.53 Å². The number of pyridine rings is 1. The monoisotopic (exact) mass is 318 g/mol. The van der Waals surface area contributed by atoms with Gasteiger partial charge in [-0.25, -0.2) is 4.79 Å². The summed E-state index contributed by atoms with van der Waals surface area (Å²) < 4.78 is 7.20. The predicted octanol–water partition coefficient (Wildman–Crippen LogP) is 3.80. The molecule has 0 aliphatic carbocycles. The number of aromatic nitrogens is 2. The second-order valence-electron chi connectivity index (χ2n) is 5.29. The number of ether oxygens (including phenoxy) is 1. The summed E-state index contributed by atoms with van der Waals surface area (Å²) in [6, 6.07) is 17.4. The largest absolute Gasteiger partial charge is 0.457 e. The minimum Gasteiger partial charge on any atom is -0.457 e. The van der Waals surface area contributed by atoms with Crippen molar-refractivity contribution in [2.45, 2.75) is 6.54 Å². The maximum absolute atomic E-state index is 12.2. The smallest absolute Gasteiger partial charge is 0.355 e. The van der Waals surface area contributed by atoms with Crippen LogP contribution in [0.4, 0.5) is 0 Å². The number of hydrogen-bond donors (Lipinski definition) is 0. The third-order valence-corrected chi connectivity index (χ3v) is 3.56. The van der Waals surface area contributed by atoms with Gasteiger partial charge in [0.25, 0.3) is 0 Å². The molecule has 0 aliphatic heterocycles. The third-order valence-electron chi connectivity index (χ3n) is 3.56. The second kappa shape index (κ2) is 7.92. The molecule has 0 fully saturated rings. The fraction of sp³-hybridized carbons (Fsp3) is 0.100. The molecule has 4 nitrogen and oxygen atoms in total. The van der Waals surface area contributed by atoms with Crippen LogP contribution in [0.25, 0.3) is 6.08 Å². The molecule has 2 heterocycles. The molecule has 4 heteroatoms. The van der Waals surface area contributed by atoms with Crippen molar-refractivity contribution in [1.82, 2.24) is 9.55 Å². The molecule has 0 radical (unpaired) electrons. The summed E-state index contributed by atoms with van der Waals surface area (Å²) in [5.41, 5.74) is 2.70. The van der Waals surface area contributed by atoms with E-state index in [0.29, 0.717) is 12.2 Å². The molecule has 24 heavy (non-hydrogen) atoms. The molecular formula is C20H18N2O2. The van der Waals surface area contributed by atoms with Gasteiger partial charge in [-0.15, -0.1) is 0 Å². The summed E-state index contributed by atoms with van der Waals surface area (Å²) in [6.45, 7) is 0.855. The average Bonchev–Trinajstić information content (AvgIpc) is 3.08. The highest BCUT2D eigenvalue weighted by molar-refractivity contribution is 5.87. The van der Waals surface area contributed by atoms with E-state index >= 15 is 0 Å². The lowest BCUT2D eigenvalue weighted by molar-refractivity contribution is 0.0538. The first-order chi connectivity index (χ1) is 11.8. The topological polar surface area (TPSA) is 44.1 Å². The Kier molecular flexibility index (Phi) is 5.20. The maximum atomic E-state index is 12.2. The van der Waals surface area contributed by atoms with Gasteiger partial charge in [0, 0.05) is 25.1 Å². The van der Waals surface area contributed by atoms with E-state index in [1.54, 1.807) is 18.5 Å². The van der Waals surface area contributed by atoms with Crippen molar-refractivity contribution in [3.63, 3.8) is 0 Å². The highest BCUT2D eigenvalue weighted by Gasteiger charge is 2.11. The van der Waals surface area contributed by atoms with Crippen molar-refractivity contribution in [1.29, 1.82) is 0 Å². The van der Waals surface area contributed by atoms with Crippen molar-refractivity contribution in [2.75, 3.05) is 6.61 Å². The molecule has 1 aromatic carbocycles. The van der Waals surface area contributed by atoms with E-state index in [4.69, 9.17) is 4.74 Å². The van der Waals surface area contributed by atoms with Crippen LogP contribution in [0.15, 0.2) is 79.3 Å². The van der Waals surface area contributed by atoms with Crippen LogP contribution in [0.2, 0.25) is 0 Å². The summed E-state index contributed by atoms with van der Waals surface area (Å²) in [5, 5.41) is 0. The second-order valence-corrected chi connectivity index (χ2v) is 5.29. The molecule has 0 saturated heterocycles. The molecule has 0 bridgehead atoms. The Hall–Kier alpha value is -3.14. The molecule has 0 amide bonds. The molecule has 0 unspecified atom stereocenters. The number of rotatable bonds is 6. The molecule has 3 rings (SSSR count). The summed E-state index contributed by atoms with van der Waals surface area (Å²) in [4.78, 5) is 16.2. The molecule has 120 valence electrons. The number of nitrogens with zero attached hydrogens (tertiary/aromatic N) is 2. The Bertz CT molecular complexity index is 808. The minimum atomic E-state index is -0.327. The van der Waals surface area contributed by atoms with Gasteiger partial charge in [-0.05, 0) is 41.5 Å². The third kappa shape index (κ3) is 4.20. The van der Waals surface area contributed by atoms with Gasteiger partial charge >= 0.3 is 5.97 Å². The number of carbonyl (C=O) groups excluding carboxylic acids is 1. The van der Waals surface area contributed by atoms with Gasteiger partial charge in [-0.1, -0.05) is 36.4 Å². The fourth-order valence-electron chi connectivity index (χ4n) is 2.37. The molecule has 0 aliphatic rings. The van der Waals surface area contributed by atoms with Crippen LogP contribution >= 0.6 is 0 Å². The van der Waals surface area contributed by atoms with E-state index in [1.165, 1.54) is 0 Å². The zero-order chi connectivity index (χ0) is 16.6. The van der Waals surface area contributed by atoms with Crippen LogP contribution in [0.3, 0.4) is 0 Å². The SMILES string of the molecule is O=C(OC/C=C/c1ccccc1)c1cccn1Cc1ccncc1. The Morgan fingerprint density at radius 3 is 2.62 bits per heavy atom. The number of esters is 1. The van der Waals surface area contributed by atoms with E-state index in [-0.39, 0.29) is 12.6 Å². The van der Waals surface area contributed by atoms with Crippen LogP contribution in [0.5, 0.6) is 0 Å². The van der Waals surface area contributed by atoms with E-state index in [1.807, 2.05) is 71.4 Å². The lowest BCUT2D eigenvalue weighted by Crippen LogP contribution is -2.12. The average molecular weight is 318 g/mol. The first-order valence-electron chi connectivity index (χ1n) is 7.76. The van der Waals surface area contributed by atoms with Crippen molar-refractivity contribution >= 4 is 12.0 Å². The molecule has 3 aromatic rings. The first-order valence-corrected chi connectivity index (χ1v) is 7.76. The minimum absolute atomic E-state index is 0.244. The fourth-order valence-corrected chi connectivity index (χ4v) is 2.37. The van der Waals surface area contributed by atoms with E-state index < -0.39 is 0 Å².